The van der Waals surface area contributed by atoms with Gasteiger partial charge in [0.25, 0.3) is 5.56 Å². The van der Waals surface area contributed by atoms with E-state index in [-0.39, 0.29) is 17.5 Å². The molecule has 0 unspecified atom stereocenters. The van der Waals surface area contributed by atoms with Gasteiger partial charge in [0.1, 0.15) is 11.2 Å². The lowest BCUT2D eigenvalue weighted by atomic mass is 9.97. The Labute approximate surface area is 174 Å². The first kappa shape index (κ1) is 18.9. The van der Waals surface area contributed by atoms with Crippen LogP contribution in [-0.2, 0) is 6.54 Å². The van der Waals surface area contributed by atoms with Gasteiger partial charge in [0.2, 0.25) is 0 Å². The van der Waals surface area contributed by atoms with Crippen molar-refractivity contribution in [1.29, 1.82) is 0 Å². The van der Waals surface area contributed by atoms with E-state index in [2.05, 4.69) is 44.0 Å². The Hall–Kier alpha value is -3.13. The highest BCUT2D eigenvalue weighted by Crippen LogP contribution is 2.31. The molecule has 1 saturated heterocycles. The van der Waals surface area contributed by atoms with Crippen molar-refractivity contribution < 1.29 is 0 Å². The average Bonchev–Trinajstić information content (AvgIpc) is 3.31. The number of nitrogens with one attached hydrogen (secondary N) is 1. The van der Waals surface area contributed by atoms with Crippen LogP contribution in [0.15, 0.2) is 41.6 Å². The first-order valence-electron chi connectivity index (χ1n) is 10.4. The number of hydrogen-bond acceptors (Lipinski definition) is 6. The van der Waals surface area contributed by atoms with Crippen molar-refractivity contribution in [1.82, 2.24) is 34.6 Å². The monoisotopic (exact) mass is 403 g/mol. The van der Waals surface area contributed by atoms with Gasteiger partial charge in [0.05, 0.1) is 17.2 Å². The van der Waals surface area contributed by atoms with E-state index in [1.807, 2.05) is 24.6 Å². The fourth-order valence-corrected chi connectivity index (χ4v) is 4.42. The van der Waals surface area contributed by atoms with Crippen LogP contribution in [0, 0.1) is 5.92 Å². The second kappa shape index (κ2) is 7.28. The molecule has 0 saturated carbocycles. The lowest BCUT2D eigenvalue weighted by molar-refractivity contribution is 0.318. The fourth-order valence-electron chi connectivity index (χ4n) is 4.42. The zero-order chi connectivity index (χ0) is 20.8. The molecule has 8 heteroatoms. The Kier molecular flexibility index (Phi) is 4.58. The molecular formula is C22H25N7O. The maximum atomic E-state index is 12.6. The molecule has 154 valence electrons. The molecular weight excluding hydrogens is 378 g/mol. The standard InChI is InChI=1S/C22H25N7O/c1-13(2)29-21-16(9-25-29)22(30)27-20(26-21)17-12-28(10-14(17)3)11-15-4-5-18-19(8-15)24-7-6-23-18/h4-9,13-14,17H,10-12H2,1-3H3,(H,26,27,30)/t14-,17-/m1/s1. The van der Waals surface area contributed by atoms with E-state index in [9.17, 15) is 4.79 Å². The van der Waals surface area contributed by atoms with Crippen LogP contribution < -0.4 is 5.56 Å². The SMILES string of the molecule is CC(C)n1ncc2c(=O)[nH]c([C@@H]3CN(Cc4ccc5nccnc5c4)C[C@H]3C)nc21. The lowest BCUT2D eigenvalue weighted by Gasteiger charge is -2.16. The van der Waals surface area contributed by atoms with E-state index in [1.54, 1.807) is 18.6 Å². The summed E-state index contributed by atoms with van der Waals surface area (Å²) in [5.41, 5.74) is 3.59. The van der Waals surface area contributed by atoms with Gasteiger partial charge >= 0.3 is 0 Å². The molecule has 1 N–H and O–H groups in total. The Morgan fingerprint density at radius 3 is 2.77 bits per heavy atom. The highest BCUT2D eigenvalue weighted by Gasteiger charge is 2.33. The van der Waals surface area contributed by atoms with Crippen molar-refractivity contribution in [3.63, 3.8) is 0 Å². The molecule has 4 aromatic rings. The normalized spacial score (nSPS) is 20.0. The number of nitrogens with zero attached hydrogens (tertiary/aromatic N) is 6. The predicted molar refractivity (Wildman–Crippen MR) is 115 cm³/mol. The second-order valence-corrected chi connectivity index (χ2v) is 8.53. The minimum atomic E-state index is -0.111. The van der Waals surface area contributed by atoms with Crippen LogP contribution >= 0.6 is 0 Å². The third-order valence-electron chi connectivity index (χ3n) is 5.95. The van der Waals surface area contributed by atoms with E-state index in [4.69, 9.17) is 4.98 Å². The summed E-state index contributed by atoms with van der Waals surface area (Å²) in [5.74, 6) is 1.33. The van der Waals surface area contributed by atoms with Gasteiger partial charge in [0.15, 0.2) is 5.65 Å². The molecule has 0 bridgehead atoms. The molecule has 1 aromatic carbocycles. The summed E-state index contributed by atoms with van der Waals surface area (Å²) in [6.07, 6.45) is 5.04. The molecule has 5 rings (SSSR count). The third-order valence-corrected chi connectivity index (χ3v) is 5.95. The van der Waals surface area contributed by atoms with Crippen LogP contribution in [0.5, 0.6) is 0 Å². The van der Waals surface area contributed by atoms with Crippen molar-refractivity contribution in [3.8, 4) is 0 Å². The Balaban J connectivity index is 1.41. The fraction of sp³-hybridized carbons (Fsp3) is 0.409. The van der Waals surface area contributed by atoms with Gasteiger partial charge in [-0.05, 0) is 37.5 Å². The largest absolute Gasteiger partial charge is 0.310 e. The summed E-state index contributed by atoms with van der Waals surface area (Å²) >= 11 is 0. The number of likely N-dealkylation sites (tertiary alicyclic amines) is 1. The van der Waals surface area contributed by atoms with Gasteiger partial charge in [-0.15, -0.1) is 0 Å². The number of aromatic nitrogens is 6. The number of H-pyrrole nitrogens is 1. The molecule has 0 radical (unpaired) electrons. The van der Waals surface area contributed by atoms with Gasteiger partial charge in [-0.3, -0.25) is 19.7 Å². The summed E-state index contributed by atoms with van der Waals surface area (Å²) < 4.78 is 1.82. The average molecular weight is 403 g/mol. The van der Waals surface area contributed by atoms with E-state index in [0.717, 1.165) is 36.5 Å². The van der Waals surface area contributed by atoms with Crippen molar-refractivity contribution in [3.05, 3.63) is 58.5 Å². The van der Waals surface area contributed by atoms with Crippen LogP contribution in [-0.4, -0.2) is 47.7 Å². The van der Waals surface area contributed by atoms with E-state index in [1.165, 1.54) is 5.56 Å². The molecule has 8 nitrogen and oxygen atoms in total. The van der Waals surface area contributed by atoms with Gasteiger partial charge in [0, 0.05) is 44.0 Å². The number of rotatable bonds is 4. The maximum Gasteiger partial charge on any atom is 0.262 e. The van der Waals surface area contributed by atoms with Crippen LogP contribution in [0.25, 0.3) is 22.1 Å². The molecule has 1 fully saturated rings. The molecule has 1 aliphatic heterocycles. The molecule has 1 aliphatic rings. The zero-order valence-corrected chi connectivity index (χ0v) is 17.4. The minimum Gasteiger partial charge on any atom is -0.310 e. The summed E-state index contributed by atoms with van der Waals surface area (Å²) in [5, 5.41) is 4.90. The number of benzene rings is 1. The molecule has 0 spiro atoms. The van der Waals surface area contributed by atoms with Gasteiger partial charge in [-0.2, -0.15) is 5.10 Å². The summed E-state index contributed by atoms with van der Waals surface area (Å²) in [4.78, 5) is 31.6. The van der Waals surface area contributed by atoms with Crippen molar-refractivity contribution in [2.24, 2.45) is 5.92 Å². The Morgan fingerprint density at radius 1 is 1.17 bits per heavy atom. The van der Waals surface area contributed by atoms with Crippen molar-refractivity contribution in [2.45, 2.75) is 39.3 Å². The molecule has 2 atom stereocenters. The van der Waals surface area contributed by atoms with Gasteiger partial charge in [-0.1, -0.05) is 13.0 Å². The first-order valence-corrected chi connectivity index (χ1v) is 10.4. The third kappa shape index (κ3) is 3.27. The topological polar surface area (TPSA) is 92.6 Å². The highest BCUT2D eigenvalue weighted by molar-refractivity contribution is 5.74. The number of fused-ring (bicyclic) bond motifs is 2. The lowest BCUT2D eigenvalue weighted by Crippen LogP contribution is -2.21. The van der Waals surface area contributed by atoms with Crippen LogP contribution in [0.1, 0.15) is 44.1 Å². The highest BCUT2D eigenvalue weighted by atomic mass is 16.1. The summed E-state index contributed by atoms with van der Waals surface area (Å²) in [6.45, 7) is 8.95. The van der Waals surface area contributed by atoms with Crippen LogP contribution in [0.2, 0.25) is 0 Å². The summed E-state index contributed by atoms with van der Waals surface area (Å²) in [6, 6.07) is 6.39. The Bertz CT molecular complexity index is 1280. The van der Waals surface area contributed by atoms with E-state index >= 15 is 0 Å². The minimum absolute atomic E-state index is 0.111. The molecule has 0 amide bonds. The molecule has 3 aromatic heterocycles. The quantitative estimate of drug-likeness (QED) is 0.563. The van der Waals surface area contributed by atoms with E-state index < -0.39 is 0 Å². The predicted octanol–water partition coefficient (Wildman–Crippen LogP) is 2.88. The van der Waals surface area contributed by atoms with Crippen LogP contribution in [0.4, 0.5) is 0 Å². The number of hydrogen-bond donors (Lipinski definition) is 1. The smallest absolute Gasteiger partial charge is 0.262 e. The van der Waals surface area contributed by atoms with E-state index in [0.29, 0.717) is 17.0 Å². The van der Waals surface area contributed by atoms with Crippen molar-refractivity contribution in [2.75, 3.05) is 13.1 Å². The van der Waals surface area contributed by atoms with Crippen molar-refractivity contribution >= 4 is 22.1 Å². The maximum absolute atomic E-state index is 12.6. The van der Waals surface area contributed by atoms with Gasteiger partial charge < -0.3 is 4.98 Å². The molecule has 4 heterocycles. The first-order chi connectivity index (χ1) is 14.5. The van der Waals surface area contributed by atoms with Gasteiger partial charge in [-0.25, -0.2) is 9.67 Å². The summed E-state index contributed by atoms with van der Waals surface area (Å²) in [7, 11) is 0. The molecule has 30 heavy (non-hydrogen) atoms. The zero-order valence-electron chi connectivity index (χ0n) is 17.4. The number of aromatic amines is 1. The second-order valence-electron chi connectivity index (χ2n) is 8.53. The Morgan fingerprint density at radius 2 is 1.97 bits per heavy atom. The van der Waals surface area contributed by atoms with Crippen LogP contribution in [0.3, 0.4) is 0 Å². The molecule has 0 aliphatic carbocycles.